The van der Waals surface area contributed by atoms with E-state index in [4.69, 9.17) is 9.97 Å². The van der Waals surface area contributed by atoms with Gasteiger partial charge in [0.1, 0.15) is 0 Å². The van der Waals surface area contributed by atoms with Crippen LogP contribution in [0.4, 0.5) is 0 Å². The number of nitrogens with zero attached hydrogens (tertiary/aromatic N) is 3. The van der Waals surface area contributed by atoms with Crippen molar-refractivity contribution in [3.05, 3.63) is 252 Å². The largest absolute Gasteiger partial charge is 0.228 e. The quantitative estimate of drug-likeness (QED) is 0.168. The van der Waals surface area contributed by atoms with Gasteiger partial charge in [-0.3, -0.25) is 0 Å². The minimum absolute atomic E-state index is 0.538. The molecule has 1 heterocycles. The van der Waals surface area contributed by atoms with Crippen molar-refractivity contribution in [2.24, 2.45) is 0 Å². The van der Waals surface area contributed by atoms with Crippen LogP contribution in [0.15, 0.2) is 224 Å². The smallest absolute Gasteiger partial charge is 0.160 e. The molecule has 63 heavy (non-hydrogen) atoms. The van der Waals surface area contributed by atoms with Gasteiger partial charge in [0.25, 0.3) is 0 Å². The fourth-order valence-electron chi connectivity index (χ4n) is 10.1. The van der Waals surface area contributed by atoms with Gasteiger partial charge in [0.15, 0.2) is 5.82 Å². The maximum absolute atomic E-state index is 10.4. The fraction of sp³-hybridized carbons (Fsp3) is 0.0167. The highest BCUT2D eigenvalue weighted by Crippen LogP contribution is 2.63. The van der Waals surface area contributed by atoms with E-state index in [9.17, 15) is 5.26 Å². The molecule has 0 aliphatic heterocycles. The molecular weight excluding hydrogens is 763 g/mol. The van der Waals surface area contributed by atoms with E-state index in [0.29, 0.717) is 11.4 Å². The molecule has 0 amide bonds. The standard InChI is InChI=1S/C60H37N3/c61-38-48-16-11-21-54-58(48)51-35-34-47(36-55(51)60(54)52-19-9-7-17-49(52)50-18-8-10-20-53(50)60)43-26-32-46(33-27-43)59-62-56(44-28-22-41(23-29-44)39-12-3-1-4-13-39)37-57(63-59)45-30-24-42(25-31-45)40-14-5-2-6-15-40/h1-37H. The minimum atomic E-state index is -0.538. The highest BCUT2D eigenvalue weighted by Gasteiger charge is 2.52. The predicted molar refractivity (Wildman–Crippen MR) is 256 cm³/mol. The Morgan fingerprint density at radius 3 is 1.29 bits per heavy atom. The van der Waals surface area contributed by atoms with E-state index < -0.39 is 5.41 Å². The third-order valence-corrected chi connectivity index (χ3v) is 13.0. The van der Waals surface area contributed by atoms with Crippen molar-refractivity contribution >= 4 is 0 Å². The van der Waals surface area contributed by atoms with Crippen molar-refractivity contribution in [2.45, 2.75) is 5.41 Å². The molecule has 1 aromatic heterocycles. The van der Waals surface area contributed by atoms with Crippen molar-refractivity contribution in [1.29, 1.82) is 5.26 Å². The van der Waals surface area contributed by atoms with Crippen LogP contribution in [0, 0.1) is 11.3 Å². The van der Waals surface area contributed by atoms with E-state index in [1.165, 1.54) is 44.5 Å². The molecule has 0 unspecified atom stereocenters. The van der Waals surface area contributed by atoms with Crippen LogP contribution in [0.5, 0.6) is 0 Å². The maximum Gasteiger partial charge on any atom is 0.160 e. The Morgan fingerprint density at radius 2 is 0.746 bits per heavy atom. The Morgan fingerprint density at radius 1 is 0.317 bits per heavy atom. The summed E-state index contributed by atoms with van der Waals surface area (Å²) in [6.45, 7) is 0. The second-order valence-corrected chi connectivity index (χ2v) is 16.4. The fourth-order valence-corrected chi connectivity index (χ4v) is 10.1. The Labute approximate surface area is 366 Å². The van der Waals surface area contributed by atoms with Crippen LogP contribution in [0.3, 0.4) is 0 Å². The zero-order valence-electron chi connectivity index (χ0n) is 34.2. The molecule has 3 heteroatoms. The third-order valence-electron chi connectivity index (χ3n) is 13.0. The summed E-state index contributed by atoms with van der Waals surface area (Å²) in [5, 5.41) is 10.4. The zero-order valence-corrected chi connectivity index (χ0v) is 34.2. The Kier molecular flexibility index (Phi) is 8.45. The minimum Gasteiger partial charge on any atom is -0.228 e. The Hall–Kier alpha value is -8.45. The molecule has 12 rings (SSSR count). The van der Waals surface area contributed by atoms with Crippen LogP contribution in [-0.2, 0) is 5.41 Å². The van der Waals surface area contributed by atoms with Gasteiger partial charge in [0, 0.05) is 22.3 Å². The molecule has 1 spiro atoms. The van der Waals surface area contributed by atoms with Gasteiger partial charge in [0.2, 0.25) is 0 Å². The molecule has 0 radical (unpaired) electrons. The van der Waals surface area contributed by atoms with Crippen molar-refractivity contribution in [1.82, 2.24) is 9.97 Å². The SMILES string of the molecule is N#Cc1cccc2c1-c1ccc(-c3ccc(-c4nc(-c5ccc(-c6ccccc6)cc5)cc(-c5ccc(-c6ccccc6)cc5)n4)cc3)cc1C21c2ccccc2-c2ccccc21. The molecule has 2 aliphatic rings. The van der Waals surface area contributed by atoms with Crippen LogP contribution in [-0.4, -0.2) is 9.97 Å². The van der Waals surface area contributed by atoms with Crippen molar-refractivity contribution < 1.29 is 0 Å². The van der Waals surface area contributed by atoms with Gasteiger partial charge in [-0.05, 0) is 90.5 Å². The first kappa shape index (κ1) is 36.4. The normalized spacial score (nSPS) is 12.6. The molecule has 3 nitrogen and oxygen atoms in total. The number of aromatic nitrogens is 2. The molecule has 2 aliphatic carbocycles. The molecule has 0 fully saturated rings. The van der Waals surface area contributed by atoms with Gasteiger partial charge in [-0.1, -0.05) is 206 Å². The first-order valence-electron chi connectivity index (χ1n) is 21.4. The summed E-state index contributed by atoms with van der Waals surface area (Å²) in [5.74, 6) is 0.667. The second-order valence-electron chi connectivity index (χ2n) is 16.4. The number of fused-ring (bicyclic) bond motifs is 10. The van der Waals surface area contributed by atoms with Gasteiger partial charge in [-0.25, -0.2) is 9.97 Å². The van der Waals surface area contributed by atoms with Gasteiger partial charge in [-0.2, -0.15) is 5.26 Å². The van der Waals surface area contributed by atoms with Crippen LogP contribution >= 0.6 is 0 Å². The van der Waals surface area contributed by atoms with E-state index in [2.05, 4.69) is 206 Å². The monoisotopic (exact) mass is 799 g/mol. The summed E-state index contributed by atoms with van der Waals surface area (Å²) in [4.78, 5) is 10.4. The van der Waals surface area contributed by atoms with Gasteiger partial charge >= 0.3 is 0 Å². The molecule has 0 N–H and O–H groups in total. The molecule has 0 saturated carbocycles. The van der Waals surface area contributed by atoms with E-state index in [1.54, 1.807) is 0 Å². The first-order valence-corrected chi connectivity index (χ1v) is 21.4. The van der Waals surface area contributed by atoms with E-state index in [0.717, 1.165) is 61.5 Å². The average Bonchev–Trinajstić information content (AvgIpc) is 3.84. The van der Waals surface area contributed by atoms with E-state index >= 15 is 0 Å². The van der Waals surface area contributed by atoms with Crippen molar-refractivity contribution in [3.8, 4) is 95.6 Å². The third kappa shape index (κ3) is 5.81. The first-order chi connectivity index (χ1) is 31.2. The number of benzene rings is 9. The van der Waals surface area contributed by atoms with Crippen LogP contribution in [0.2, 0.25) is 0 Å². The number of hydrogen-bond acceptors (Lipinski definition) is 3. The lowest BCUT2D eigenvalue weighted by atomic mass is 9.70. The molecule has 9 aromatic carbocycles. The zero-order chi connectivity index (χ0) is 41.9. The van der Waals surface area contributed by atoms with Gasteiger partial charge < -0.3 is 0 Å². The molecular formula is C60H37N3. The number of rotatable bonds is 6. The van der Waals surface area contributed by atoms with Gasteiger partial charge in [-0.15, -0.1) is 0 Å². The Bertz CT molecular complexity index is 3270. The summed E-state index contributed by atoms with van der Waals surface area (Å²) in [6, 6.07) is 82.0. The highest BCUT2D eigenvalue weighted by molar-refractivity contribution is 5.97. The molecule has 10 aromatic rings. The van der Waals surface area contributed by atoms with Crippen LogP contribution in [0.25, 0.3) is 89.5 Å². The lowest BCUT2D eigenvalue weighted by Crippen LogP contribution is -2.25. The van der Waals surface area contributed by atoms with Gasteiger partial charge in [0.05, 0.1) is 28.4 Å². The van der Waals surface area contributed by atoms with E-state index in [-0.39, 0.29) is 0 Å². The van der Waals surface area contributed by atoms with Crippen molar-refractivity contribution in [3.63, 3.8) is 0 Å². The Balaban J connectivity index is 0.958. The van der Waals surface area contributed by atoms with E-state index in [1.807, 2.05) is 24.3 Å². The summed E-state index contributed by atoms with van der Waals surface area (Å²) >= 11 is 0. The summed E-state index contributed by atoms with van der Waals surface area (Å²) in [5.41, 5.74) is 21.3. The summed E-state index contributed by atoms with van der Waals surface area (Å²) < 4.78 is 0. The number of hydrogen-bond donors (Lipinski definition) is 0. The molecule has 0 atom stereocenters. The van der Waals surface area contributed by atoms with Crippen LogP contribution < -0.4 is 0 Å². The summed E-state index contributed by atoms with van der Waals surface area (Å²) in [6.07, 6.45) is 0. The summed E-state index contributed by atoms with van der Waals surface area (Å²) in [7, 11) is 0. The van der Waals surface area contributed by atoms with Crippen molar-refractivity contribution in [2.75, 3.05) is 0 Å². The average molecular weight is 800 g/mol. The van der Waals surface area contributed by atoms with Crippen LogP contribution in [0.1, 0.15) is 27.8 Å². The maximum atomic E-state index is 10.4. The second kappa shape index (κ2) is 14.6. The topological polar surface area (TPSA) is 49.6 Å². The number of nitriles is 1. The predicted octanol–water partition coefficient (Wildman–Crippen LogP) is 14.7. The highest BCUT2D eigenvalue weighted by atomic mass is 14.9. The lowest BCUT2D eigenvalue weighted by molar-refractivity contribution is 0.794. The molecule has 0 bridgehead atoms. The molecule has 292 valence electrons. The lowest BCUT2D eigenvalue weighted by Gasteiger charge is -2.30. The molecule has 0 saturated heterocycles.